The summed E-state index contributed by atoms with van der Waals surface area (Å²) >= 11 is 0. The molecule has 1 aliphatic rings. The largest absolute Gasteiger partial charge is 0.491 e. The molecular weight excluding hydrogens is 398 g/mol. The van der Waals surface area contributed by atoms with E-state index in [2.05, 4.69) is 23.0 Å². The van der Waals surface area contributed by atoms with Crippen LogP contribution in [0.25, 0.3) is 0 Å². The molecule has 0 bridgehead atoms. The van der Waals surface area contributed by atoms with Crippen molar-refractivity contribution in [2.75, 3.05) is 26.7 Å². The molecule has 3 rings (SSSR count). The van der Waals surface area contributed by atoms with Crippen LogP contribution in [0.15, 0.2) is 47.6 Å². The number of hydrogen-bond acceptors (Lipinski definition) is 6. The monoisotopic (exact) mass is 427 g/mol. The third-order valence-electron chi connectivity index (χ3n) is 4.34. The summed E-state index contributed by atoms with van der Waals surface area (Å²) in [5.41, 5.74) is 7.61. The molecule has 2 aromatic rings. The maximum atomic E-state index is 10.5. The molecular formula is C19H29N3O4S2. The smallest absolute Gasteiger partial charge is 0.294 e. The van der Waals surface area contributed by atoms with Crippen LogP contribution in [0.1, 0.15) is 30.0 Å². The highest BCUT2D eigenvalue weighted by atomic mass is 32.2. The maximum absolute atomic E-state index is 10.5. The van der Waals surface area contributed by atoms with E-state index in [-0.39, 0.29) is 18.4 Å². The molecule has 3 N–H and O–H groups in total. The molecule has 156 valence electrons. The zero-order chi connectivity index (χ0) is 19.9. The molecule has 1 fully saturated rings. The van der Waals surface area contributed by atoms with Crippen LogP contribution in [0.3, 0.4) is 0 Å². The zero-order valence-electron chi connectivity index (χ0n) is 16.2. The van der Waals surface area contributed by atoms with Crippen LogP contribution in [0.4, 0.5) is 0 Å². The number of hydrogen-bond donors (Lipinski definition) is 2. The summed E-state index contributed by atoms with van der Waals surface area (Å²) in [5.74, 6) is 0.822. The molecule has 1 aromatic heterocycles. The second-order valence-corrected chi connectivity index (χ2v) is 7.94. The van der Waals surface area contributed by atoms with Crippen molar-refractivity contribution in [3.63, 3.8) is 0 Å². The number of ether oxygens (including phenoxy) is 1. The zero-order valence-corrected chi connectivity index (χ0v) is 18.0. The minimum absolute atomic E-state index is 0. The molecule has 0 saturated carbocycles. The van der Waals surface area contributed by atoms with Gasteiger partial charge in [0.2, 0.25) is 0 Å². The van der Waals surface area contributed by atoms with Gasteiger partial charge in [0.1, 0.15) is 12.4 Å². The van der Waals surface area contributed by atoms with Crippen LogP contribution >= 0.6 is 13.5 Å². The number of aromatic nitrogens is 1. The lowest BCUT2D eigenvalue weighted by molar-refractivity contribution is 0.309. The average Bonchev–Trinajstić information content (AvgIpc) is 3.06. The van der Waals surface area contributed by atoms with E-state index in [1.165, 1.54) is 37.1 Å². The van der Waals surface area contributed by atoms with Gasteiger partial charge in [0.15, 0.2) is 0 Å². The Bertz CT molecular complexity index is 829. The van der Waals surface area contributed by atoms with Gasteiger partial charge in [-0.1, -0.05) is 17.7 Å². The Kier molecular flexibility index (Phi) is 9.91. The lowest BCUT2D eigenvalue weighted by Gasteiger charge is -2.19. The van der Waals surface area contributed by atoms with Crippen molar-refractivity contribution in [3.05, 3.63) is 53.9 Å². The molecule has 1 atom stereocenters. The van der Waals surface area contributed by atoms with E-state index in [1.807, 2.05) is 13.1 Å². The van der Waals surface area contributed by atoms with Crippen molar-refractivity contribution < 1.29 is 17.7 Å². The van der Waals surface area contributed by atoms with Gasteiger partial charge < -0.3 is 10.5 Å². The fourth-order valence-corrected chi connectivity index (χ4v) is 3.40. The Hall–Kier alpha value is -1.65. The molecule has 0 amide bonds. The highest BCUT2D eigenvalue weighted by Crippen LogP contribution is 2.31. The van der Waals surface area contributed by atoms with Crippen LogP contribution in [-0.4, -0.2) is 49.6 Å². The van der Waals surface area contributed by atoms with E-state index in [9.17, 15) is 8.42 Å². The molecule has 1 saturated heterocycles. The van der Waals surface area contributed by atoms with Gasteiger partial charge in [-0.05, 0) is 57.1 Å². The summed E-state index contributed by atoms with van der Waals surface area (Å²) in [5, 5.41) is 0. The molecule has 0 radical (unpaired) electrons. The molecule has 2 heterocycles. The van der Waals surface area contributed by atoms with Crippen molar-refractivity contribution in [1.82, 2.24) is 9.88 Å². The van der Waals surface area contributed by atoms with E-state index < -0.39 is 10.1 Å². The van der Waals surface area contributed by atoms with E-state index >= 15 is 0 Å². The highest BCUT2D eigenvalue weighted by Gasteiger charge is 2.22. The first kappa shape index (κ1) is 24.4. The second-order valence-electron chi connectivity index (χ2n) is 6.52. The summed E-state index contributed by atoms with van der Waals surface area (Å²) in [6, 6.07) is 8.56. The van der Waals surface area contributed by atoms with Crippen molar-refractivity contribution in [1.29, 1.82) is 0 Å². The standard InChI is InChI=1S/C12H19N3O.C7H8O3S.H2S/c1-15-5-2-3-12(15)10-7-11(9-14-8-10)16-6-4-13;1-6-2-4-7(5-3-6)11(8,9)10;/h7-9,12H,2-6,13H2,1H3;2-5H,1H3,(H,8,9,10);1H2/t12-;;/m0../s1. The Morgan fingerprint density at radius 1 is 1.29 bits per heavy atom. The lowest BCUT2D eigenvalue weighted by Crippen LogP contribution is -2.17. The fourth-order valence-electron chi connectivity index (χ4n) is 2.92. The summed E-state index contributed by atoms with van der Waals surface area (Å²) in [6.45, 7) is 4.09. The average molecular weight is 428 g/mol. The van der Waals surface area contributed by atoms with Gasteiger partial charge in [0.05, 0.1) is 11.1 Å². The number of likely N-dealkylation sites (tertiary alicyclic amines) is 1. The van der Waals surface area contributed by atoms with Crippen LogP contribution in [-0.2, 0) is 10.1 Å². The summed E-state index contributed by atoms with van der Waals surface area (Å²) in [6.07, 6.45) is 6.14. The Morgan fingerprint density at radius 2 is 1.96 bits per heavy atom. The van der Waals surface area contributed by atoms with E-state index in [0.29, 0.717) is 19.2 Å². The van der Waals surface area contributed by atoms with Gasteiger partial charge in [-0.3, -0.25) is 14.4 Å². The van der Waals surface area contributed by atoms with Gasteiger partial charge in [-0.25, -0.2) is 0 Å². The molecule has 1 aliphatic heterocycles. The van der Waals surface area contributed by atoms with Crippen LogP contribution in [0.5, 0.6) is 5.75 Å². The number of rotatable bonds is 5. The number of nitrogens with zero attached hydrogens (tertiary/aromatic N) is 2. The predicted molar refractivity (Wildman–Crippen MR) is 115 cm³/mol. The van der Waals surface area contributed by atoms with E-state index in [4.69, 9.17) is 15.0 Å². The molecule has 7 nitrogen and oxygen atoms in total. The third kappa shape index (κ3) is 7.40. The molecule has 0 aliphatic carbocycles. The number of benzene rings is 1. The van der Waals surface area contributed by atoms with E-state index in [0.717, 1.165) is 11.3 Å². The minimum atomic E-state index is -4.02. The van der Waals surface area contributed by atoms with Crippen molar-refractivity contribution in [2.24, 2.45) is 5.73 Å². The molecule has 28 heavy (non-hydrogen) atoms. The number of aryl methyl sites for hydroxylation is 1. The quantitative estimate of drug-likeness (QED) is 0.706. The molecule has 9 heteroatoms. The van der Waals surface area contributed by atoms with Crippen molar-refractivity contribution in [3.8, 4) is 5.75 Å². The van der Waals surface area contributed by atoms with E-state index in [1.54, 1.807) is 18.3 Å². The first-order chi connectivity index (χ1) is 12.8. The first-order valence-electron chi connectivity index (χ1n) is 8.83. The summed E-state index contributed by atoms with van der Waals surface area (Å²) in [4.78, 5) is 6.52. The normalized spacial score (nSPS) is 16.6. The molecule has 0 unspecified atom stereocenters. The summed E-state index contributed by atoms with van der Waals surface area (Å²) < 4.78 is 35.0. The Labute approximate surface area is 174 Å². The van der Waals surface area contributed by atoms with Gasteiger partial charge in [0.25, 0.3) is 10.1 Å². The molecule has 0 spiro atoms. The topological polar surface area (TPSA) is 106 Å². The van der Waals surface area contributed by atoms with Crippen LogP contribution in [0.2, 0.25) is 0 Å². The van der Waals surface area contributed by atoms with Crippen LogP contribution < -0.4 is 10.5 Å². The number of pyridine rings is 1. The van der Waals surface area contributed by atoms with Gasteiger partial charge in [-0.15, -0.1) is 0 Å². The van der Waals surface area contributed by atoms with Crippen LogP contribution in [0, 0.1) is 6.92 Å². The maximum Gasteiger partial charge on any atom is 0.294 e. The highest BCUT2D eigenvalue weighted by molar-refractivity contribution is 7.85. The fraction of sp³-hybridized carbons (Fsp3) is 0.421. The first-order valence-corrected chi connectivity index (χ1v) is 10.3. The second kappa shape index (κ2) is 11.4. The number of nitrogens with two attached hydrogens (primary N) is 1. The van der Waals surface area contributed by atoms with Gasteiger partial charge >= 0.3 is 0 Å². The van der Waals surface area contributed by atoms with Gasteiger partial charge in [-0.2, -0.15) is 21.9 Å². The Balaban J connectivity index is 0.000000289. The molecule has 1 aromatic carbocycles. The lowest BCUT2D eigenvalue weighted by atomic mass is 10.1. The third-order valence-corrected chi connectivity index (χ3v) is 5.21. The SMILES string of the molecule is CN1CCC[C@H]1c1cncc(OCCN)c1.Cc1ccc(S(=O)(=O)O)cc1.S. The van der Waals surface area contributed by atoms with Gasteiger partial charge in [0, 0.05) is 18.8 Å². The predicted octanol–water partition coefficient (Wildman–Crippen LogP) is 2.54. The van der Waals surface area contributed by atoms with Crippen molar-refractivity contribution >= 4 is 23.6 Å². The Morgan fingerprint density at radius 3 is 2.50 bits per heavy atom. The minimum Gasteiger partial charge on any atom is -0.491 e. The van der Waals surface area contributed by atoms with Crippen molar-refractivity contribution in [2.45, 2.75) is 30.7 Å². The summed E-state index contributed by atoms with van der Waals surface area (Å²) in [7, 11) is -1.86.